The van der Waals surface area contributed by atoms with Crippen LogP contribution in [0.3, 0.4) is 0 Å². The Bertz CT molecular complexity index is 328. The van der Waals surface area contributed by atoms with Gasteiger partial charge in [0.2, 0.25) is 0 Å². The second-order valence-electron chi connectivity index (χ2n) is 4.09. The number of hydrogen-bond acceptors (Lipinski definition) is 2. The third-order valence-electron chi connectivity index (χ3n) is 2.75. The highest BCUT2D eigenvalue weighted by Crippen LogP contribution is 2.25. The Kier molecular flexibility index (Phi) is 5.85. The molecule has 0 radical (unpaired) electrons. The zero-order valence-corrected chi connectivity index (χ0v) is 11.8. The van der Waals surface area contributed by atoms with Gasteiger partial charge < -0.3 is 10.1 Å². The van der Waals surface area contributed by atoms with E-state index < -0.39 is 0 Å². The molecule has 0 spiro atoms. The molecule has 0 aliphatic carbocycles. The first-order chi connectivity index (χ1) is 7.69. The van der Waals surface area contributed by atoms with Crippen molar-refractivity contribution in [3.63, 3.8) is 0 Å². The quantitative estimate of drug-likeness (QED) is 0.851. The van der Waals surface area contributed by atoms with Crippen molar-refractivity contribution in [1.29, 1.82) is 0 Å². The Hall–Kier alpha value is -0.540. The van der Waals surface area contributed by atoms with Gasteiger partial charge in [-0.25, -0.2) is 0 Å². The van der Waals surface area contributed by atoms with Crippen LogP contribution in [0, 0.1) is 5.92 Å². The number of benzene rings is 1. The summed E-state index contributed by atoms with van der Waals surface area (Å²) in [5.74, 6) is 0.689. The average Bonchev–Trinajstić information content (AvgIpc) is 2.29. The topological polar surface area (TPSA) is 21.3 Å². The van der Waals surface area contributed by atoms with Gasteiger partial charge in [-0.15, -0.1) is 0 Å². The Labute approximate surface area is 107 Å². The highest BCUT2D eigenvalue weighted by atomic mass is 79.9. The molecule has 0 aliphatic heterocycles. The van der Waals surface area contributed by atoms with Crippen molar-refractivity contribution in [2.75, 3.05) is 19.0 Å². The lowest BCUT2D eigenvalue weighted by molar-refractivity contribution is 0.185. The van der Waals surface area contributed by atoms with Crippen molar-refractivity contribution >= 4 is 21.6 Å². The van der Waals surface area contributed by atoms with Gasteiger partial charge >= 0.3 is 0 Å². The summed E-state index contributed by atoms with van der Waals surface area (Å²) in [6.45, 7) is 6.10. The van der Waals surface area contributed by atoms with Crippen LogP contribution in [0.4, 0.5) is 5.69 Å². The normalized spacial score (nSPS) is 12.5. The molecular weight excluding hydrogens is 266 g/mol. The van der Waals surface area contributed by atoms with Crippen molar-refractivity contribution in [1.82, 2.24) is 0 Å². The van der Waals surface area contributed by atoms with Gasteiger partial charge in [-0.2, -0.15) is 0 Å². The minimum absolute atomic E-state index is 0.629. The van der Waals surface area contributed by atoms with Gasteiger partial charge in [0.15, 0.2) is 0 Å². The summed E-state index contributed by atoms with van der Waals surface area (Å²) in [5.41, 5.74) is 2.35. The second-order valence-corrected chi connectivity index (χ2v) is 4.95. The zero-order chi connectivity index (χ0) is 12.0. The van der Waals surface area contributed by atoms with Crippen LogP contribution in [-0.4, -0.2) is 13.7 Å². The lowest BCUT2D eigenvalue weighted by atomic mass is 10.1. The van der Waals surface area contributed by atoms with Crippen LogP contribution in [0.1, 0.15) is 25.8 Å². The molecule has 1 rings (SSSR count). The van der Waals surface area contributed by atoms with Crippen LogP contribution in [0.25, 0.3) is 0 Å². The van der Waals surface area contributed by atoms with Gasteiger partial charge in [0.1, 0.15) is 0 Å². The van der Waals surface area contributed by atoms with Crippen LogP contribution in [0.15, 0.2) is 22.7 Å². The van der Waals surface area contributed by atoms with Gasteiger partial charge in [0, 0.05) is 29.4 Å². The van der Waals surface area contributed by atoms with Gasteiger partial charge in [0.05, 0.1) is 6.61 Å². The second kappa shape index (κ2) is 6.92. The smallest absolute Gasteiger partial charge is 0.0744 e. The maximum atomic E-state index is 5.21. The van der Waals surface area contributed by atoms with Gasteiger partial charge in [-0.3, -0.25) is 0 Å². The molecule has 0 fully saturated rings. The van der Waals surface area contributed by atoms with E-state index in [-0.39, 0.29) is 0 Å². The molecule has 1 N–H and O–H groups in total. The molecule has 0 heterocycles. The molecule has 0 aromatic heterocycles. The van der Waals surface area contributed by atoms with Gasteiger partial charge in [0.25, 0.3) is 0 Å². The fourth-order valence-electron chi connectivity index (χ4n) is 1.44. The summed E-state index contributed by atoms with van der Waals surface area (Å²) in [6.07, 6.45) is 1.20. The molecule has 1 aromatic rings. The first-order valence-electron chi connectivity index (χ1n) is 5.69. The molecule has 16 heavy (non-hydrogen) atoms. The molecule has 1 unspecified atom stereocenters. The molecule has 1 aromatic carbocycles. The van der Waals surface area contributed by atoms with E-state index in [1.165, 1.54) is 12.0 Å². The summed E-state index contributed by atoms with van der Waals surface area (Å²) in [5, 5.41) is 3.48. The lowest BCUT2D eigenvalue weighted by Gasteiger charge is -2.15. The third-order valence-corrected chi connectivity index (χ3v) is 3.49. The van der Waals surface area contributed by atoms with E-state index in [0.717, 1.165) is 16.7 Å². The van der Waals surface area contributed by atoms with E-state index in [0.29, 0.717) is 12.5 Å². The van der Waals surface area contributed by atoms with Gasteiger partial charge in [-0.1, -0.05) is 42.3 Å². The molecule has 1 atom stereocenters. The summed E-state index contributed by atoms with van der Waals surface area (Å²) >= 11 is 3.55. The van der Waals surface area contributed by atoms with Crippen molar-refractivity contribution in [2.24, 2.45) is 5.92 Å². The van der Waals surface area contributed by atoms with E-state index in [4.69, 9.17) is 4.74 Å². The first-order valence-corrected chi connectivity index (χ1v) is 6.48. The highest BCUT2D eigenvalue weighted by molar-refractivity contribution is 9.10. The summed E-state index contributed by atoms with van der Waals surface area (Å²) in [4.78, 5) is 0. The Morgan fingerprint density at radius 2 is 2.19 bits per heavy atom. The molecule has 0 aliphatic rings. The Balaban J connectivity index is 2.74. The zero-order valence-electron chi connectivity index (χ0n) is 10.2. The summed E-state index contributed by atoms with van der Waals surface area (Å²) < 4.78 is 6.31. The summed E-state index contributed by atoms with van der Waals surface area (Å²) in [6, 6.07) is 6.19. The molecule has 90 valence electrons. The van der Waals surface area contributed by atoms with Crippen molar-refractivity contribution in [2.45, 2.75) is 26.9 Å². The van der Waals surface area contributed by atoms with E-state index >= 15 is 0 Å². The predicted octanol–water partition coefficient (Wildman–Crippen LogP) is 4.05. The molecular formula is C13H20BrNO. The predicted molar refractivity (Wildman–Crippen MR) is 72.8 cm³/mol. The van der Waals surface area contributed by atoms with E-state index in [2.05, 4.69) is 41.2 Å². The fraction of sp³-hybridized carbons (Fsp3) is 0.538. The monoisotopic (exact) mass is 285 g/mol. The molecule has 0 bridgehead atoms. The number of nitrogens with one attached hydrogen (secondary N) is 1. The standard InChI is InChI=1S/C13H20BrNO/c1-4-10(2)8-15-13-7-5-6-12(14)11(13)9-16-3/h5-7,10,15H,4,8-9H2,1-3H3. The lowest BCUT2D eigenvalue weighted by Crippen LogP contribution is -2.12. The van der Waals surface area contributed by atoms with Crippen molar-refractivity contribution in [3.8, 4) is 0 Å². The summed E-state index contributed by atoms with van der Waals surface area (Å²) in [7, 11) is 1.72. The average molecular weight is 286 g/mol. The maximum Gasteiger partial charge on any atom is 0.0744 e. The van der Waals surface area contributed by atoms with Crippen LogP contribution in [-0.2, 0) is 11.3 Å². The molecule has 0 amide bonds. The van der Waals surface area contributed by atoms with Gasteiger partial charge in [-0.05, 0) is 18.1 Å². The van der Waals surface area contributed by atoms with Crippen LogP contribution < -0.4 is 5.32 Å². The number of anilines is 1. The minimum atomic E-state index is 0.629. The Morgan fingerprint density at radius 3 is 2.81 bits per heavy atom. The third kappa shape index (κ3) is 3.80. The van der Waals surface area contributed by atoms with E-state index in [1.807, 2.05) is 12.1 Å². The van der Waals surface area contributed by atoms with E-state index in [1.54, 1.807) is 7.11 Å². The van der Waals surface area contributed by atoms with Crippen molar-refractivity contribution < 1.29 is 4.74 Å². The van der Waals surface area contributed by atoms with Crippen LogP contribution in [0.5, 0.6) is 0 Å². The largest absolute Gasteiger partial charge is 0.384 e. The SMILES string of the molecule is CCC(C)CNc1cccc(Br)c1COC. The first kappa shape index (κ1) is 13.5. The number of halogens is 1. The molecule has 2 nitrogen and oxygen atoms in total. The van der Waals surface area contributed by atoms with Crippen LogP contribution >= 0.6 is 15.9 Å². The van der Waals surface area contributed by atoms with Crippen LogP contribution in [0.2, 0.25) is 0 Å². The number of rotatable bonds is 6. The maximum absolute atomic E-state index is 5.21. The minimum Gasteiger partial charge on any atom is -0.384 e. The Morgan fingerprint density at radius 1 is 1.44 bits per heavy atom. The van der Waals surface area contributed by atoms with Crippen molar-refractivity contribution in [3.05, 3.63) is 28.2 Å². The fourth-order valence-corrected chi connectivity index (χ4v) is 1.92. The highest BCUT2D eigenvalue weighted by Gasteiger charge is 2.07. The number of methoxy groups -OCH3 is 1. The molecule has 0 saturated heterocycles. The number of ether oxygens (including phenoxy) is 1. The molecule has 0 saturated carbocycles. The number of hydrogen-bond donors (Lipinski definition) is 1. The molecule has 3 heteroatoms. The van der Waals surface area contributed by atoms with E-state index in [9.17, 15) is 0 Å².